The summed E-state index contributed by atoms with van der Waals surface area (Å²) in [7, 11) is 1.78. The zero-order valence-corrected chi connectivity index (χ0v) is 12.1. The minimum atomic E-state index is -0.166. The Balaban J connectivity index is 1.66. The Hall–Kier alpha value is -2.30. The van der Waals surface area contributed by atoms with Gasteiger partial charge in [-0.3, -0.25) is 9.48 Å². The van der Waals surface area contributed by atoms with E-state index in [0.29, 0.717) is 11.7 Å². The van der Waals surface area contributed by atoms with Gasteiger partial charge in [0.2, 0.25) is 0 Å². The summed E-state index contributed by atoms with van der Waals surface area (Å²) in [5.41, 5.74) is 1.28. The summed E-state index contributed by atoms with van der Waals surface area (Å²) >= 11 is 0. The van der Waals surface area contributed by atoms with E-state index >= 15 is 0 Å². The molecule has 3 rings (SSSR count). The Morgan fingerprint density at radius 1 is 1.38 bits per heavy atom. The predicted octanol–water partition coefficient (Wildman–Crippen LogP) is 2.99. The first-order valence-corrected chi connectivity index (χ1v) is 7.27. The van der Waals surface area contributed by atoms with Crippen molar-refractivity contribution in [3.8, 4) is 5.75 Å². The molecule has 1 aliphatic rings. The van der Waals surface area contributed by atoms with Crippen LogP contribution in [0.2, 0.25) is 0 Å². The lowest BCUT2D eigenvalue weighted by Crippen LogP contribution is -2.13. The highest BCUT2D eigenvalue weighted by Gasteiger charge is 2.16. The molecule has 1 N–H and O–H groups in total. The van der Waals surface area contributed by atoms with E-state index in [4.69, 9.17) is 4.74 Å². The van der Waals surface area contributed by atoms with Gasteiger partial charge in [0, 0.05) is 25.0 Å². The maximum Gasteiger partial charge on any atom is 0.258 e. The molecule has 1 aliphatic carbocycles. The lowest BCUT2D eigenvalue weighted by molar-refractivity contribution is 0.102. The normalized spacial score (nSPS) is 15.1. The highest BCUT2D eigenvalue weighted by atomic mass is 16.5. The summed E-state index contributed by atoms with van der Waals surface area (Å²) in [6.07, 6.45) is 8.26. The number of aryl methyl sites for hydroxylation is 1. The molecule has 1 saturated carbocycles. The Kier molecular flexibility index (Phi) is 3.90. The van der Waals surface area contributed by atoms with Crippen LogP contribution >= 0.6 is 0 Å². The Morgan fingerprint density at radius 2 is 2.19 bits per heavy atom. The monoisotopic (exact) mass is 285 g/mol. The van der Waals surface area contributed by atoms with Crippen molar-refractivity contribution in [3.05, 3.63) is 42.2 Å². The zero-order chi connectivity index (χ0) is 14.7. The fraction of sp³-hybridized carbons (Fsp3) is 0.375. The van der Waals surface area contributed by atoms with Crippen molar-refractivity contribution in [1.29, 1.82) is 0 Å². The quantitative estimate of drug-likeness (QED) is 0.939. The van der Waals surface area contributed by atoms with Gasteiger partial charge in [-0.1, -0.05) is 6.07 Å². The molecule has 0 atom stereocenters. The van der Waals surface area contributed by atoms with E-state index < -0.39 is 0 Å². The number of aromatic nitrogens is 2. The van der Waals surface area contributed by atoms with Crippen LogP contribution in [0, 0.1) is 0 Å². The van der Waals surface area contributed by atoms with Crippen LogP contribution in [-0.2, 0) is 7.05 Å². The molecule has 5 nitrogen and oxygen atoms in total. The number of anilines is 1. The lowest BCUT2D eigenvalue weighted by Gasteiger charge is -2.14. The van der Waals surface area contributed by atoms with Crippen LogP contribution in [0.25, 0.3) is 0 Å². The topological polar surface area (TPSA) is 56.2 Å². The van der Waals surface area contributed by atoms with Gasteiger partial charge in [0.15, 0.2) is 0 Å². The summed E-state index contributed by atoms with van der Waals surface area (Å²) in [4.78, 5) is 12.1. The molecule has 0 spiro atoms. The second-order valence-electron chi connectivity index (χ2n) is 5.41. The maximum atomic E-state index is 12.1. The second-order valence-corrected chi connectivity index (χ2v) is 5.41. The number of nitrogens with one attached hydrogen (secondary N) is 1. The van der Waals surface area contributed by atoms with Crippen LogP contribution in [0.1, 0.15) is 36.0 Å². The standard InChI is InChI=1S/C16H19N3O2/c1-19-11-12(10-17-19)16(20)18-13-5-4-8-15(9-13)21-14-6-2-3-7-14/h4-5,8-11,14H,2-3,6-7H2,1H3,(H,18,20). The molecule has 0 unspecified atom stereocenters. The van der Waals surface area contributed by atoms with Crippen LogP contribution in [0.15, 0.2) is 36.7 Å². The first-order chi connectivity index (χ1) is 10.2. The molecule has 1 aromatic carbocycles. The van der Waals surface area contributed by atoms with E-state index in [1.54, 1.807) is 24.1 Å². The van der Waals surface area contributed by atoms with Gasteiger partial charge < -0.3 is 10.1 Å². The molecule has 0 radical (unpaired) electrons. The van der Waals surface area contributed by atoms with Gasteiger partial charge in [-0.05, 0) is 37.8 Å². The number of benzene rings is 1. The van der Waals surface area contributed by atoms with E-state index in [1.807, 2.05) is 24.3 Å². The molecule has 0 aliphatic heterocycles. The van der Waals surface area contributed by atoms with Crippen molar-refractivity contribution in [2.45, 2.75) is 31.8 Å². The molecule has 1 fully saturated rings. The molecule has 110 valence electrons. The number of hydrogen-bond acceptors (Lipinski definition) is 3. The van der Waals surface area contributed by atoms with E-state index in [0.717, 1.165) is 24.3 Å². The summed E-state index contributed by atoms with van der Waals surface area (Å²) in [6, 6.07) is 7.55. The van der Waals surface area contributed by atoms with E-state index in [-0.39, 0.29) is 5.91 Å². The molecule has 1 aromatic heterocycles. The maximum absolute atomic E-state index is 12.1. The predicted molar refractivity (Wildman–Crippen MR) is 80.5 cm³/mol. The summed E-state index contributed by atoms with van der Waals surface area (Å²) < 4.78 is 7.55. The van der Waals surface area contributed by atoms with E-state index in [1.165, 1.54) is 12.8 Å². The zero-order valence-electron chi connectivity index (χ0n) is 12.1. The Labute approximate surface area is 123 Å². The minimum Gasteiger partial charge on any atom is -0.490 e. The van der Waals surface area contributed by atoms with Crippen LogP contribution in [-0.4, -0.2) is 21.8 Å². The van der Waals surface area contributed by atoms with Gasteiger partial charge in [0.05, 0.1) is 17.9 Å². The first-order valence-electron chi connectivity index (χ1n) is 7.27. The lowest BCUT2D eigenvalue weighted by atomic mass is 10.2. The van der Waals surface area contributed by atoms with Crippen LogP contribution in [0.3, 0.4) is 0 Å². The summed E-state index contributed by atoms with van der Waals surface area (Å²) in [5.74, 6) is 0.645. The fourth-order valence-corrected chi connectivity index (χ4v) is 2.59. The van der Waals surface area contributed by atoms with Gasteiger partial charge in [-0.2, -0.15) is 5.10 Å². The van der Waals surface area contributed by atoms with Gasteiger partial charge >= 0.3 is 0 Å². The number of carbonyl (C=O) groups excluding carboxylic acids is 1. The van der Waals surface area contributed by atoms with Gasteiger partial charge in [-0.15, -0.1) is 0 Å². The molecular weight excluding hydrogens is 266 g/mol. The van der Waals surface area contributed by atoms with Crippen molar-refractivity contribution in [2.24, 2.45) is 7.05 Å². The average molecular weight is 285 g/mol. The Morgan fingerprint density at radius 3 is 2.90 bits per heavy atom. The minimum absolute atomic E-state index is 0.166. The van der Waals surface area contributed by atoms with Crippen molar-refractivity contribution < 1.29 is 9.53 Å². The molecular formula is C16H19N3O2. The van der Waals surface area contributed by atoms with Crippen LogP contribution < -0.4 is 10.1 Å². The molecule has 1 amide bonds. The smallest absolute Gasteiger partial charge is 0.258 e. The fourth-order valence-electron chi connectivity index (χ4n) is 2.59. The molecule has 0 bridgehead atoms. The number of ether oxygens (including phenoxy) is 1. The van der Waals surface area contributed by atoms with Crippen molar-refractivity contribution in [1.82, 2.24) is 9.78 Å². The molecule has 5 heteroatoms. The van der Waals surface area contributed by atoms with Gasteiger partial charge in [-0.25, -0.2) is 0 Å². The van der Waals surface area contributed by atoms with Gasteiger partial charge in [0.25, 0.3) is 5.91 Å². The average Bonchev–Trinajstić information content (AvgIpc) is 3.11. The highest BCUT2D eigenvalue weighted by molar-refractivity contribution is 6.04. The highest BCUT2D eigenvalue weighted by Crippen LogP contribution is 2.25. The van der Waals surface area contributed by atoms with Crippen LogP contribution in [0.4, 0.5) is 5.69 Å². The summed E-state index contributed by atoms with van der Waals surface area (Å²) in [5, 5.41) is 6.86. The molecule has 1 heterocycles. The molecule has 0 saturated heterocycles. The number of carbonyl (C=O) groups is 1. The van der Waals surface area contributed by atoms with Crippen molar-refractivity contribution >= 4 is 11.6 Å². The second kappa shape index (κ2) is 5.99. The third-order valence-electron chi connectivity index (χ3n) is 3.66. The number of amides is 1. The molecule has 2 aromatic rings. The van der Waals surface area contributed by atoms with Crippen molar-refractivity contribution in [3.63, 3.8) is 0 Å². The largest absolute Gasteiger partial charge is 0.490 e. The number of nitrogens with zero attached hydrogens (tertiary/aromatic N) is 2. The Bertz CT molecular complexity index is 630. The van der Waals surface area contributed by atoms with E-state index in [2.05, 4.69) is 10.4 Å². The van der Waals surface area contributed by atoms with Crippen LogP contribution in [0.5, 0.6) is 5.75 Å². The van der Waals surface area contributed by atoms with E-state index in [9.17, 15) is 4.79 Å². The number of rotatable bonds is 4. The third kappa shape index (κ3) is 3.42. The van der Waals surface area contributed by atoms with Gasteiger partial charge in [0.1, 0.15) is 5.75 Å². The molecule has 21 heavy (non-hydrogen) atoms. The first kappa shape index (κ1) is 13.7. The number of hydrogen-bond donors (Lipinski definition) is 1. The SMILES string of the molecule is Cn1cc(C(=O)Nc2cccc(OC3CCCC3)c2)cn1. The van der Waals surface area contributed by atoms with Crippen molar-refractivity contribution in [2.75, 3.05) is 5.32 Å². The third-order valence-corrected chi connectivity index (χ3v) is 3.66. The summed E-state index contributed by atoms with van der Waals surface area (Å²) in [6.45, 7) is 0.